The zero-order valence-corrected chi connectivity index (χ0v) is 22.6. The Kier molecular flexibility index (Phi) is 8.32. The number of nitrogens with one attached hydrogen (secondary N) is 1. The molecule has 9 heteroatoms. The van der Waals surface area contributed by atoms with Crippen LogP contribution in [0.2, 0.25) is 0 Å². The molecule has 7 nitrogen and oxygen atoms in total. The Morgan fingerprint density at radius 2 is 1.78 bits per heavy atom. The summed E-state index contributed by atoms with van der Waals surface area (Å²) in [6.45, 7) is 1.04. The van der Waals surface area contributed by atoms with Crippen molar-refractivity contribution in [1.29, 1.82) is 0 Å². The van der Waals surface area contributed by atoms with E-state index in [1.54, 1.807) is 38.5 Å². The molecule has 4 rings (SSSR count). The van der Waals surface area contributed by atoms with Crippen LogP contribution in [-0.2, 0) is 11.2 Å². The molecule has 0 spiro atoms. The SMILES string of the molecule is COC(=O)c1ccc(OC[C@@H]2c3cc(OC)c(OC)cc3CCN2C(=S)Nc2cccc(Br)c2)cc1. The van der Waals surface area contributed by atoms with Crippen molar-refractivity contribution in [2.75, 3.05) is 39.8 Å². The Hall–Kier alpha value is -3.30. The molecule has 0 saturated heterocycles. The van der Waals surface area contributed by atoms with Crippen LogP contribution in [0.15, 0.2) is 65.1 Å². The molecule has 1 heterocycles. The molecule has 1 N–H and O–H groups in total. The first kappa shape index (κ1) is 25.8. The van der Waals surface area contributed by atoms with Crippen LogP contribution in [0, 0.1) is 0 Å². The number of benzene rings is 3. The summed E-state index contributed by atoms with van der Waals surface area (Å²) in [5.41, 5.74) is 3.57. The van der Waals surface area contributed by atoms with Crippen LogP contribution in [0.3, 0.4) is 0 Å². The van der Waals surface area contributed by atoms with Gasteiger partial charge >= 0.3 is 5.97 Å². The average Bonchev–Trinajstić information content (AvgIpc) is 2.90. The van der Waals surface area contributed by atoms with E-state index in [9.17, 15) is 4.79 Å². The average molecular weight is 571 g/mol. The molecular weight excluding hydrogens is 544 g/mol. The number of carbonyl (C=O) groups excluding carboxylic acids is 1. The van der Waals surface area contributed by atoms with Crippen molar-refractivity contribution in [2.45, 2.75) is 12.5 Å². The number of hydrogen-bond acceptors (Lipinski definition) is 6. The van der Waals surface area contributed by atoms with Gasteiger partial charge in [0.15, 0.2) is 16.6 Å². The van der Waals surface area contributed by atoms with Gasteiger partial charge in [0.2, 0.25) is 0 Å². The summed E-state index contributed by atoms with van der Waals surface area (Å²) in [7, 11) is 4.61. The Balaban J connectivity index is 1.62. The van der Waals surface area contributed by atoms with Gasteiger partial charge in [-0.05, 0) is 84.4 Å². The van der Waals surface area contributed by atoms with Crippen LogP contribution in [0.25, 0.3) is 0 Å². The van der Waals surface area contributed by atoms with Gasteiger partial charge in [0, 0.05) is 16.7 Å². The van der Waals surface area contributed by atoms with Gasteiger partial charge in [-0.3, -0.25) is 0 Å². The smallest absolute Gasteiger partial charge is 0.337 e. The fourth-order valence-corrected chi connectivity index (χ4v) is 4.93. The third-order valence-corrected chi connectivity index (χ3v) is 6.85. The maximum atomic E-state index is 11.8. The lowest BCUT2D eigenvalue weighted by Crippen LogP contribution is -2.44. The molecular formula is C27H27BrN2O5S. The maximum Gasteiger partial charge on any atom is 0.337 e. The molecule has 0 aromatic heterocycles. The Bertz CT molecular complexity index is 1250. The lowest BCUT2D eigenvalue weighted by Gasteiger charge is -2.39. The Labute approximate surface area is 224 Å². The molecule has 0 saturated carbocycles. The summed E-state index contributed by atoms with van der Waals surface area (Å²) in [4.78, 5) is 13.9. The van der Waals surface area contributed by atoms with E-state index in [2.05, 4.69) is 26.1 Å². The number of carbonyl (C=O) groups is 1. The summed E-state index contributed by atoms with van der Waals surface area (Å²) in [6.07, 6.45) is 0.792. The van der Waals surface area contributed by atoms with Crippen LogP contribution in [0.5, 0.6) is 17.2 Å². The van der Waals surface area contributed by atoms with E-state index in [1.807, 2.05) is 36.4 Å². The number of nitrogens with zero attached hydrogens (tertiary/aromatic N) is 1. The topological polar surface area (TPSA) is 69.3 Å². The van der Waals surface area contributed by atoms with Gasteiger partial charge < -0.3 is 29.2 Å². The molecule has 0 unspecified atom stereocenters. The molecule has 0 fully saturated rings. The molecule has 36 heavy (non-hydrogen) atoms. The van der Waals surface area contributed by atoms with Gasteiger partial charge in [-0.25, -0.2) is 4.79 Å². The molecule has 3 aromatic carbocycles. The molecule has 188 valence electrons. The third-order valence-electron chi connectivity index (χ3n) is 6.02. The molecule has 1 aliphatic rings. The van der Waals surface area contributed by atoms with E-state index < -0.39 is 0 Å². The number of halogens is 1. The van der Waals surface area contributed by atoms with Gasteiger partial charge in [-0.1, -0.05) is 22.0 Å². The first-order chi connectivity index (χ1) is 17.4. The normalized spacial score (nSPS) is 14.4. The molecule has 3 aromatic rings. The number of hydrogen-bond donors (Lipinski definition) is 1. The lowest BCUT2D eigenvalue weighted by molar-refractivity contribution is 0.0600. The number of rotatable bonds is 7. The van der Waals surface area contributed by atoms with Gasteiger partial charge in [0.1, 0.15) is 12.4 Å². The summed E-state index contributed by atoms with van der Waals surface area (Å²) in [5.74, 6) is 1.59. The number of anilines is 1. The van der Waals surface area contributed by atoms with Gasteiger partial charge in [0.25, 0.3) is 0 Å². The summed E-state index contributed by atoms with van der Waals surface area (Å²) < 4.78 is 23.0. The fraction of sp³-hybridized carbons (Fsp3) is 0.259. The standard InChI is InChI=1S/C27H27BrN2O5S/c1-32-24-13-18-11-12-30(27(36)29-20-6-4-5-19(28)14-20)23(22(18)15-25(24)33-2)16-35-21-9-7-17(8-10-21)26(31)34-3/h4-10,13-15,23H,11-12,16H2,1-3H3,(H,29,36)/t23-/m1/s1. The third kappa shape index (κ3) is 5.74. The predicted molar refractivity (Wildman–Crippen MR) is 146 cm³/mol. The maximum absolute atomic E-state index is 11.8. The minimum Gasteiger partial charge on any atom is -0.493 e. The van der Waals surface area contributed by atoms with Crippen LogP contribution >= 0.6 is 28.1 Å². The van der Waals surface area contributed by atoms with Crippen LogP contribution < -0.4 is 19.5 Å². The van der Waals surface area contributed by atoms with Crippen molar-refractivity contribution in [1.82, 2.24) is 4.90 Å². The zero-order valence-electron chi connectivity index (χ0n) is 20.2. The quantitative estimate of drug-likeness (QED) is 0.289. The van der Waals surface area contributed by atoms with Crippen LogP contribution in [0.4, 0.5) is 5.69 Å². The second-order valence-corrected chi connectivity index (χ2v) is 9.44. The lowest BCUT2D eigenvalue weighted by atomic mass is 9.92. The van der Waals surface area contributed by atoms with Gasteiger partial charge in [-0.15, -0.1) is 0 Å². The van der Waals surface area contributed by atoms with Crippen molar-refractivity contribution in [3.63, 3.8) is 0 Å². The van der Waals surface area contributed by atoms with E-state index in [4.69, 9.17) is 31.2 Å². The van der Waals surface area contributed by atoms with Crippen molar-refractivity contribution in [3.05, 3.63) is 81.8 Å². The molecule has 1 aliphatic heterocycles. The second-order valence-electron chi connectivity index (χ2n) is 8.13. The highest BCUT2D eigenvalue weighted by molar-refractivity contribution is 9.10. The molecule has 0 aliphatic carbocycles. The first-order valence-electron chi connectivity index (χ1n) is 11.3. The predicted octanol–water partition coefficient (Wildman–Crippen LogP) is 5.63. The van der Waals surface area contributed by atoms with E-state index >= 15 is 0 Å². The van der Waals surface area contributed by atoms with E-state index in [0.29, 0.717) is 41.1 Å². The first-order valence-corrected chi connectivity index (χ1v) is 12.5. The minimum atomic E-state index is -0.390. The molecule has 1 atom stereocenters. The molecule has 0 amide bonds. The van der Waals surface area contributed by atoms with Crippen LogP contribution in [0.1, 0.15) is 27.5 Å². The van der Waals surface area contributed by atoms with Crippen LogP contribution in [-0.4, -0.2) is 50.5 Å². The zero-order chi connectivity index (χ0) is 25.7. The summed E-state index contributed by atoms with van der Waals surface area (Å²) >= 11 is 9.35. The highest BCUT2D eigenvalue weighted by Crippen LogP contribution is 2.38. The van der Waals surface area contributed by atoms with Gasteiger partial charge in [0.05, 0.1) is 32.9 Å². The Morgan fingerprint density at radius 1 is 1.06 bits per heavy atom. The van der Waals surface area contributed by atoms with Crippen molar-refractivity contribution in [2.24, 2.45) is 0 Å². The molecule has 0 bridgehead atoms. The van der Waals surface area contributed by atoms with E-state index in [-0.39, 0.29) is 12.0 Å². The largest absolute Gasteiger partial charge is 0.493 e. The second kappa shape index (κ2) is 11.6. The number of fused-ring (bicyclic) bond motifs is 1. The number of thiocarbonyl (C=S) groups is 1. The summed E-state index contributed by atoms with van der Waals surface area (Å²) in [6, 6.07) is 18.6. The highest BCUT2D eigenvalue weighted by atomic mass is 79.9. The van der Waals surface area contributed by atoms with Gasteiger partial charge in [-0.2, -0.15) is 0 Å². The van der Waals surface area contributed by atoms with E-state index in [0.717, 1.165) is 27.7 Å². The van der Waals surface area contributed by atoms with Crippen molar-refractivity contribution < 1.29 is 23.7 Å². The number of methoxy groups -OCH3 is 3. The molecule has 0 radical (unpaired) electrons. The fourth-order valence-electron chi connectivity index (χ4n) is 4.19. The Morgan fingerprint density at radius 3 is 2.44 bits per heavy atom. The van der Waals surface area contributed by atoms with Crippen molar-refractivity contribution in [3.8, 4) is 17.2 Å². The van der Waals surface area contributed by atoms with Crippen molar-refractivity contribution >= 4 is 44.9 Å². The highest BCUT2D eigenvalue weighted by Gasteiger charge is 2.31. The number of ether oxygens (including phenoxy) is 4. The number of esters is 1. The summed E-state index contributed by atoms with van der Waals surface area (Å²) in [5, 5.41) is 3.95. The monoisotopic (exact) mass is 570 g/mol. The minimum absolute atomic E-state index is 0.180. The van der Waals surface area contributed by atoms with E-state index in [1.165, 1.54) is 7.11 Å².